The van der Waals surface area contributed by atoms with Crippen LogP contribution in [0.1, 0.15) is 25.3 Å². The van der Waals surface area contributed by atoms with Gasteiger partial charge in [-0.2, -0.15) is 0 Å². The van der Waals surface area contributed by atoms with E-state index in [4.69, 9.17) is 14.2 Å². The molecule has 0 aliphatic carbocycles. The van der Waals surface area contributed by atoms with Gasteiger partial charge in [0.2, 0.25) is 5.91 Å². The van der Waals surface area contributed by atoms with Crippen LogP contribution in [0.25, 0.3) is 6.08 Å². The standard InChI is InChI=1S/C26H28N2O6/c1-3-33-26(31)19-7-6-14-27(16-19)24(29)17-28-21-8-4-5-9-22(21)34-23(25(28)30)15-18-10-12-20(32-2)13-11-18/h4-5,8-13,15,19H,3,6-7,14,16-17H2,1-2H3/b23-15-/t19-/m1/s1. The minimum atomic E-state index is -0.401. The number of para-hydroxylation sites is 2. The van der Waals surface area contributed by atoms with Crippen LogP contribution in [0.4, 0.5) is 5.69 Å². The first-order valence-corrected chi connectivity index (χ1v) is 11.4. The highest BCUT2D eigenvalue weighted by atomic mass is 16.5. The van der Waals surface area contributed by atoms with Gasteiger partial charge in [-0.05, 0) is 55.7 Å². The molecule has 8 nitrogen and oxygen atoms in total. The second-order valence-electron chi connectivity index (χ2n) is 8.17. The van der Waals surface area contributed by atoms with Crippen molar-refractivity contribution in [1.29, 1.82) is 0 Å². The summed E-state index contributed by atoms with van der Waals surface area (Å²) >= 11 is 0. The van der Waals surface area contributed by atoms with Crippen LogP contribution in [0.5, 0.6) is 11.5 Å². The van der Waals surface area contributed by atoms with E-state index in [9.17, 15) is 14.4 Å². The van der Waals surface area contributed by atoms with Crippen molar-refractivity contribution in [2.45, 2.75) is 19.8 Å². The van der Waals surface area contributed by atoms with Gasteiger partial charge in [-0.1, -0.05) is 24.3 Å². The summed E-state index contributed by atoms with van der Waals surface area (Å²) in [4.78, 5) is 41.8. The first-order valence-electron chi connectivity index (χ1n) is 11.4. The quantitative estimate of drug-likeness (QED) is 0.482. The average molecular weight is 465 g/mol. The normalized spacial score (nSPS) is 18.8. The van der Waals surface area contributed by atoms with Crippen molar-refractivity contribution in [3.05, 3.63) is 59.9 Å². The fraction of sp³-hybridized carbons (Fsp3) is 0.346. The molecule has 2 aliphatic rings. The molecule has 0 bridgehead atoms. The van der Waals surface area contributed by atoms with Crippen molar-refractivity contribution in [2.75, 3.05) is 38.3 Å². The average Bonchev–Trinajstić information content (AvgIpc) is 2.87. The monoisotopic (exact) mass is 464 g/mol. The highest BCUT2D eigenvalue weighted by molar-refractivity contribution is 6.12. The lowest BCUT2D eigenvalue weighted by molar-refractivity contribution is -0.151. The Kier molecular flexibility index (Phi) is 7.15. The molecule has 178 valence electrons. The molecule has 34 heavy (non-hydrogen) atoms. The third kappa shape index (κ3) is 5.06. The zero-order chi connectivity index (χ0) is 24.1. The molecule has 0 unspecified atom stereocenters. The van der Waals surface area contributed by atoms with Gasteiger partial charge in [-0.3, -0.25) is 19.3 Å². The topological polar surface area (TPSA) is 85.4 Å². The Morgan fingerprint density at radius 1 is 1.15 bits per heavy atom. The van der Waals surface area contributed by atoms with E-state index in [1.54, 1.807) is 55.3 Å². The van der Waals surface area contributed by atoms with Gasteiger partial charge in [0.15, 0.2) is 11.5 Å². The maximum atomic E-state index is 13.4. The molecule has 4 rings (SSSR count). The second kappa shape index (κ2) is 10.4. The van der Waals surface area contributed by atoms with E-state index >= 15 is 0 Å². The number of ether oxygens (including phenoxy) is 3. The Bertz CT molecular complexity index is 1090. The summed E-state index contributed by atoms with van der Waals surface area (Å²) in [6, 6.07) is 14.4. The molecule has 2 heterocycles. The van der Waals surface area contributed by atoms with Crippen LogP contribution < -0.4 is 14.4 Å². The first-order chi connectivity index (χ1) is 16.5. The van der Waals surface area contributed by atoms with Crippen LogP contribution in [0.15, 0.2) is 54.3 Å². The number of carbonyl (C=O) groups is 3. The third-order valence-corrected chi connectivity index (χ3v) is 5.93. The molecule has 0 spiro atoms. The predicted molar refractivity (Wildman–Crippen MR) is 126 cm³/mol. The Morgan fingerprint density at radius 3 is 2.65 bits per heavy atom. The van der Waals surface area contributed by atoms with Crippen LogP contribution in [-0.4, -0.2) is 56.0 Å². The fourth-order valence-electron chi connectivity index (χ4n) is 4.16. The summed E-state index contributed by atoms with van der Waals surface area (Å²) < 4.78 is 16.2. The van der Waals surface area contributed by atoms with E-state index in [0.29, 0.717) is 49.7 Å². The number of carbonyl (C=O) groups excluding carboxylic acids is 3. The summed E-state index contributed by atoms with van der Waals surface area (Å²) in [6.07, 6.45) is 3.05. The zero-order valence-electron chi connectivity index (χ0n) is 19.4. The van der Waals surface area contributed by atoms with Crippen molar-refractivity contribution in [1.82, 2.24) is 4.90 Å². The third-order valence-electron chi connectivity index (χ3n) is 5.93. The summed E-state index contributed by atoms with van der Waals surface area (Å²) in [5, 5.41) is 0. The van der Waals surface area contributed by atoms with Crippen molar-refractivity contribution in [2.24, 2.45) is 5.92 Å². The lowest BCUT2D eigenvalue weighted by Crippen LogP contribution is -2.49. The number of piperidine rings is 1. The minimum Gasteiger partial charge on any atom is -0.497 e. The molecular weight excluding hydrogens is 436 g/mol. The molecular formula is C26H28N2O6. The van der Waals surface area contributed by atoms with Gasteiger partial charge in [-0.15, -0.1) is 0 Å². The smallest absolute Gasteiger partial charge is 0.310 e. The van der Waals surface area contributed by atoms with Crippen molar-refractivity contribution >= 4 is 29.5 Å². The van der Waals surface area contributed by atoms with Gasteiger partial charge in [0.1, 0.15) is 12.3 Å². The highest BCUT2D eigenvalue weighted by Crippen LogP contribution is 2.35. The molecule has 2 aromatic carbocycles. The van der Waals surface area contributed by atoms with E-state index in [1.807, 2.05) is 18.2 Å². The zero-order valence-corrected chi connectivity index (χ0v) is 19.4. The number of nitrogens with zero attached hydrogens (tertiary/aromatic N) is 2. The van der Waals surface area contributed by atoms with Crippen molar-refractivity contribution in [3.63, 3.8) is 0 Å². The maximum Gasteiger partial charge on any atom is 0.310 e. The van der Waals surface area contributed by atoms with E-state index in [-0.39, 0.29) is 30.1 Å². The Morgan fingerprint density at radius 2 is 1.91 bits per heavy atom. The molecule has 1 fully saturated rings. The van der Waals surface area contributed by atoms with Gasteiger partial charge in [0.05, 0.1) is 25.3 Å². The second-order valence-corrected chi connectivity index (χ2v) is 8.17. The number of likely N-dealkylation sites (tertiary alicyclic amines) is 1. The van der Waals surface area contributed by atoms with Gasteiger partial charge in [0.25, 0.3) is 5.91 Å². The molecule has 0 aromatic heterocycles. The number of fused-ring (bicyclic) bond motifs is 1. The lowest BCUT2D eigenvalue weighted by Gasteiger charge is -2.35. The Labute approximate surface area is 198 Å². The van der Waals surface area contributed by atoms with Crippen LogP contribution >= 0.6 is 0 Å². The number of hydrogen-bond acceptors (Lipinski definition) is 6. The molecule has 0 radical (unpaired) electrons. The number of esters is 1. The lowest BCUT2D eigenvalue weighted by atomic mass is 9.98. The maximum absolute atomic E-state index is 13.4. The van der Waals surface area contributed by atoms with Gasteiger partial charge >= 0.3 is 5.97 Å². The number of methoxy groups -OCH3 is 1. The molecule has 0 N–H and O–H groups in total. The number of rotatable bonds is 6. The Hall–Kier alpha value is -3.81. The molecule has 0 saturated carbocycles. The van der Waals surface area contributed by atoms with Crippen LogP contribution in [-0.2, 0) is 19.1 Å². The van der Waals surface area contributed by atoms with E-state index in [2.05, 4.69) is 0 Å². The molecule has 2 amide bonds. The number of amides is 2. The largest absolute Gasteiger partial charge is 0.497 e. The molecule has 1 atom stereocenters. The summed E-state index contributed by atoms with van der Waals surface area (Å²) in [5.74, 6) is 0.0914. The van der Waals surface area contributed by atoms with Crippen LogP contribution in [0.3, 0.4) is 0 Å². The SMILES string of the molecule is CCOC(=O)[C@@H]1CCCN(C(=O)CN2C(=O)/C(=C/c3ccc(OC)cc3)Oc3ccccc32)C1. The molecule has 8 heteroatoms. The molecule has 1 saturated heterocycles. The molecule has 2 aromatic rings. The minimum absolute atomic E-state index is 0.125. The Balaban J connectivity index is 1.55. The fourth-order valence-corrected chi connectivity index (χ4v) is 4.16. The van der Waals surface area contributed by atoms with Crippen LogP contribution in [0.2, 0.25) is 0 Å². The molecule has 2 aliphatic heterocycles. The summed E-state index contributed by atoms with van der Waals surface area (Å²) in [7, 11) is 1.59. The van der Waals surface area contributed by atoms with Crippen molar-refractivity contribution in [3.8, 4) is 11.5 Å². The summed E-state index contributed by atoms with van der Waals surface area (Å²) in [6.45, 7) is 2.78. The van der Waals surface area contributed by atoms with E-state index in [0.717, 1.165) is 5.56 Å². The highest BCUT2D eigenvalue weighted by Gasteiger charge is 2.35. The first kappa shape index (κ1) is 23.4. The van der Waals surface area contributed by atoms with Gasteiger partial charge < -0.3 is 19.1 Å². The predicted octanol–water partition coefficient (Wildman–Crippen LogP) is 3.26. The number of anilines is 1. The summed E-state index contributed by atoms with van der Waals surface area (Å²) in [5.41, 5.74) is 1.30. The van der Waals surface area contributed by atoms with Crippen LogP contribution in [0, 0.1) is 5.92 Å². The number of benzene rings is 2. The number of hydrogen-bond donors (Lipinski definition) is 0. The van der Waals surface area contributed by atoms with E-state index < -0.39 is 5.91 Å². The van der Waals surface area contributed by atoms with Gasteiger partial charge in [0, 0.05) is 13.1 Å². The van der Waals surface area contributed by atoms with Gasteiger partial charge in [-0.25, -0.2) is 0 Å². The van der Waals surface area contributed by atoms with Crippen molar-refractivity contribution < 1.29 is 28.6 Å². The van der Waals surface area contributed by atoms with E-state index in [1.165, 1.54) is 4.90 Å².